The molecule has 554 valence electrons. The van der Waals surface area contributed by atoms with Gasteiger partial charge in [0.25, 0.3) is 0 Å². The molecular formula is C75H142O17P2. The van der Waals surface area contributed by atoms with E-state index in [2.05, 4.69) is 72.8 Å². The molecule has 3 N–H and O–H groups in total. The van der Waals surface area contributed by atoms with Crippen LogP contribution in [0, 0.1) is 17.8 Å². The average Bonchev–Trinajstić information content (AvgIpc) is 1.30. The lowest BCUT2D eigenvalue weighted by Crippen LogP contribution is -2.30. The molecule has 0 aliphatic carbocycles. The maximum Gasteiger partial charge on any atom is 0.472 e. The fraction of sp³-hybridized carbons (Fsp3) is 0.893. The maximum absolute atomic E-state index is 13.1. The number of carbonyl (C=O) groups excluding carboxylic acids is 4. The lowest BCUT2D eigenvalue weighted by Gasteiger charge is -2.21. The minimum atomic E-state index is -4.96. The molecule has 0 heterocycles. The van der Waals surface area contributed by atoms with E-state index in [4.69, 9.17) is 37.0 Å². The third kappa shape index (κ3) is 66.8. The van der Waals surface area contributed by atoms with Gasteiger partial charge in [0.1, 0.15) is 19.3 Å². The van der Waals surface area contributed by atoms with E-state index in [0.29, 0.717) is 31.6 Å². The van der Waals surface area contributed by atoms with E-state index >= 15 is 0 Å². The summed E-state index contributed by atoms with van der Waals surface area (Å²) in [6.45, 7) is 11.7. The minimum Gasteiger partial charge on any atom is -0.462 e. The van der Waals surface area contributed by atoms with Crippen molar-refractivity contribution in [1.82, 2.24) is 0 Å². The van der Waals surface area contributed by atoms with Gasteiger partial charge in [-0.05, 0) is 69.1 Å². The predicted octanol–water partition coefficient (Wildman–Crippen LogP) is 21.3. The molecule has 19 heteroatoms. The summed E-state index contributed by atoms with van der Waals surface area (Å²) in [6, 6.07) is 0. The molecule has 0 bridgehead atoms. The summed E-state index contributed by atoms with van der Waals surface area (Å²) < 4.78 is 68.4. The summed E-state index contributed by atoms with van der Waals surface area (Å²) >= 11 is 0. The van der Waals surface area contributed by atoms with Crippen LogP contribution >= 0.6 is 15.6 Å². The second-order valence-electron chi connectivity index (χ2n) is 27.5. The fourth-order valence-electron chi connectivity index (χ4n) is 10.9. The summed E-state index contributed by atoms with van der Waals surface area (Å²) in [5.41, 5.74) is 0. The summed E-state index contributed by atoms with van der Waals surface area (Å²) in [7, 11) is -9.92. The Labute approximate surface area is 573 Å². The lowest BCUT2D eigenvalue weighted by molar-refractivity contribution is -0.161. The number of rotatable bonds is 71. The maximum atomic E-state index is 13.1. The largest absolute Gasteiger partial charge is 0.472 e. The number of phosphoric acid groups is 2. The van der Waals surface area contributed by atoms with Crippen molar-refractivity contribution in [1.29, 1.82) is 0 Å². The van der Waals surface area contributed by atoms with Crippen molar-refractivity contribution in [3.63, 3.8) is 0 Å². The highest BCUT2D eigenvalue weighted by Gasteiger charge is 2.30. The second kappa shape index (κ2) is 65.2. The molecular weight excluding hydrogens is 1230 g/mol. The highest BCUT2D eigenvalue weighted by atomic mass is 31.2. The lowest BCUT2D eigenvalue weighted by atomic mass is 10.00. The predicted molar refractivity (Wildman–Crippen MR) is 381 cm³/mol. The van der Waals surface area contributed by atoms with Gasteiger partial charge in [-0.15, -0.1) is 0 Å². The van der Waals surface area contributed by atoms with E-state index in [1.807, 2.05) is 0 Å². The van der Waals surface area contributed by atoms with Crippen molar-refractivity contribution >= 4 is 39.5 Å². The standard InChI is InChI=1S/C75H142O17P2/c1-8-10-11-12-13-14-15-16-19-23-26-29-34-44-51-59-75(80)92-71(63-86-73(78)57-50-43-38-37-41-48-55-68(7)9-2)65-90-94(83,84)88-61-69(76)60-87-93(81,82)89-64-70(62-85-72(77)56-49-42-36-31-33-40-47-54-67(5)6)91-74(79)58-52-45-35-30-27-24-21-18-17-20-22-25-28-32-39-46-53-66(3)4/h14-16,19,66-71,76H,8-13,17-18,20-65H2,1-7H3,(H,81,82)(H,83,84)/b15-14-,19-16-/t68?,69?,70-,71-/m1/s1. The topological polar surface area (TPSA) is 237 Å². The third-order valence-electron chi connectivity index (χ3n) is 17.1. The molecule has 0 aliphatic heterocycles. The van der Waals surface area contributed by atoms with Crippen LogP contribution in [-0.2, 0) is 65.4 Å². The number of allylic oxidation sites excluding steroid dienone is 4. The van der Waals surface area contributed by atoms with Crippen LogP contribution in [0.15, 0.2) is 24.3 Å². The Hall–Kier alpha value is -2.46. The Bertz CT molecular complexity index is 1930. The van der Waals surface area contributed by atoms with Crippen LogP contribution < -0.4 is 0 Å². The van der Waals surface area contributed by atoms with Crippen molar-refractivity contribution in [2.24, 2.45) is 17.8 Å². The van der Waals surface area contributed by atoms with Crippen LogP contribution in [0.2, 0.25) is 0 Å². The molecule has 94 heavy (non-hydrogen) atoms. The van der Waals surface area contributed by atoms with Crippen LogP contribution in [0.3, 0.4) is 0 Å². The number of unbranched alkanes of at least 4 members (excludes halogenated alkanes) is 35. The van der Waals surface area contributed by atoms with Crippen molar-refractivity contribution in [3.05, 3.63) is 24.3 Å². The SMILES string of the molecule is CCCCCC/C=C\C=C/CCCCCCCC(=O)O[C@H](COC(=O)CCCCCCCCC(C)CC)COP(=O)(O)OCC(O)COP(=O)(O)OC[C@@H](COC(=O)CCCCCCCCCC(C)C)OC(=O)CCCCCCCCCCCCCCCCCCC(C)C. The summed E-state index contributed by atoms with van der Waals surface area (Å²) in [5, 5.41) is 10.6. The highest BCUT2D eigenvalue weighted by Crippen LogP contribution is 2.45. The molecule has 0 fully saturated rings. The van der Waals surface area contributed by atoms with Gasteiger partial charge in [-0.1, -0.05) is 304 Å². The third-order valence-corrected chi connectivity index (χ3v) is 19.0. The number of hydrogen-bond donors (Lipinski definition) is 3. The number of ether oxygens (including phenoxy) is 4. The molecule has 0 aromatic carbocycles. The van der Waals surface area contributed by atoms with Crippen LogP contribution in [0.5, 0.6) is 0 Å². The number of phosphoric ester groups is 2. The Morgan fingerprint density at radius 2 is 0.628 bits per heavy atom. The molecule has 0 aliphatic rings. The van der Waals surface area contributed by atoms with Gasteiger partial charge in [0.2, 0.25) is 0 Å². The quantitative estimate of drug-likeness (QED) is 0.0169. The van der Waals surface area contributed by atoms with Crippen molar-refractivity contribution in [3.8, 4) is 0 Å². The van der Waals surface area contributed by atoms with Gasteiger partial charge in [-0.25, -0.2) is 9.13 Å². The number of esters is 4. The van der Waals surface area contributed by atoms with Gasteiger partial charge < -0.3 is 33.8 Å². The van der Waals surface area contributed by atoms with Crippen molar-refractivity contribution in [2.45, 2.75) is 375 Å². The number of aliphatic hydroxyl groups is 1. The number of aliphatic hydroxyl groups excluding tert-OH is 1. The Kier molecular flexibility index (Phi) is 63.5. The molecule has 0 saturated heterocycles. The van der Waals surface area contributed by atoms with E-state index in [9.17, 15) is 43.2 Å². The molecule has 0 rings (SSSR count). The first-order valence-corrected chi connectivity index (χ1v) is 41.2. The van der Waals surface area contributed by atoms with Gasteiger partial charge in [0, 0.05) is 25.7 Å². The summed E-state index contributed by atoms with van der Waals surface area (Å²) in [6.07, 6.45) is 53.7. The van der Waals surface area contributed by atoms with E-state index in [1.54, 1.807) is 0 Å². The van der Waals surface area contributed by atoms with Crippen LogP contribution in [0.25, 0.3) is 0 Å². The van der Waals surface area contributed by atoms with Crippen molar-refractivity contribution in [2.75, 3.05) is 39.6 Å². The first-order valence-electron chi connectivity index (χ1n) is 38.2. The van der Waals surface area contributed by atoms with E-state index in [0.717, 1.165) is 127 Å². The van der Waals surface area contributed by atoms with E-state index < -0.39 is 97.5 Å². The molecule has 6 atom stereocenters. The first-order chi connectivity index (χ1) is 45.3. The molecule has 4 unspecified atom stereocenters. The second-order valence-corrected chi connectivity index (χ2v) is 30.5. The first kappa shape index (κ1) is 91.5. The van der Waals surface area contributed by atoms with E-state index in [1.165, 1.54) is 141 Å². The summed E-state index contributed by atoms with van der Waals surface area (Å²) in [4.78, 5) is 72.7. The Balaban J connectivity index is 5.24. The van der Waals surface area contributed by atoms with Gasteiger partial charge in [0.15, 0.2) is 12.2 Å². The molecule has 17 nitrogen and oxygen atoms in total. The molecule has 0 radical (unpaired) electrons. The fourth-order valence-corrected chi connectivity index (χ4v) is 12.4. The van der Waals surface area contributed by atoms with E-state index in [-0.39, 0.29) is 25.7 Å². The average molecular weight is 1380 g/mol. The highest BCUT2D eigenvalue weighted by molar-refractivity contribution is 7.47. The molecule has 0 aromatic rings. The zero-order valence-electron chi connectivity index (χ0n) is 60.9. The van der Waals surface area contributed by atoms with Crippen molar-refractivity contribution < 1.29 is 80.2 Å². The van der Waals surface area contributed by atoms with Crippen LogP contribution in [0.4, 0.5) is 0 Å². The van der Waals surface area contributed by atoms with Crippen LogP contribution in [-0.4, -0.2) is 96.7 Å². The monoisotopic (exact) mass is 1380 g/mol. The normalized spacial score (nSPS) is 14.6. The number of carbonyl (C=O) groups is 4. The molecule has 0 saturated carbocycles. The van der Waals surface area contributed by atoms with Gasteiger partial charge in [-0.3, -0.25) is 37.3 Å². The van der Waals surface area contributed by atoms with Gasteiger partial charge >= 0.3 is 39.5 Å². The zero-order valence-corrected chi connectivity index (χ0v) is 62.7. The zero-order chi connectivity index (χ0) is 69.4. The Morgan fingerprint density at radius 3 is 0.947 bits per heavy atom. The molecule has 0 aromatic heterocycles. The van der Waals surface area contributed by atoms with Gasteiger partial charge in [0.05, 0.1) is 26.4 Å². The molecule has 0 amide bonds. The van der Waals surface area contributed by atoms with Crippen LogP contribution in [0.1, 0.15) is 357 Å². The minimum absolute atomic E-state index is 0.0838. The summed E-state index contributed by atoms with van der Waals surface area (Å²) in [5.74, 6) is 0.0858. The number of hydrogen-bond acceptors (Lipinski definition) is 15. The molecule has 0 spiro atoms. The smallest absolute Gasteiger partial charge is 0.462 e. The van der Waals surface area contributed by atoms with Gasteiger partial charge in [-0.2, -0.15) is 0 Å². The Morgan fingerprint density at radius 1 is 0.351 bits per heavy atom.